The van der Waals surface area contributed by atoms with Gasteiger partial charge >= 0.3 is 0 Å². The molecule has 1 atom stereocenters. The number of hydrogen-bond acceptors (Lipinski definition) is 4. The average Bonchev–Trinajstić information content (AvgIpc) is 2.83. The molecule has 5 nitrogen and oxygen atoms in total. The second-order valence-corrected chi connectivity index (χ2v) is 5.76. The fourth-order valence-electron chi connectivity index (χ4n) is 1.94. The van der Waals surface area contributed by atoms with Crippen molar-refractivity contribution in [3.63, 3.8) is 0 Å². The Labute approximate surface area is 107 Å². The maximum Gasteiger partial charge on any atom is 0.291 e. The molecule has 0 bridgehead atoms. The Morgan fingerprint density at radius 1 is 1.44 bits per heavy atom. The lowest BCUT2D eigenvalue weighted by molar-refractivity contribution is 0.0452. The smallest absolute Gasteiger partial charge is 0.291 e. The van der Waals surface area contributed by atoms with Gasteiger partial charge in [-0.3, -0.25) is 4.79 Å². The largest absolute Gasteiger partial charge is 0.382 e. The molecule has 2 heterocycles. The zero-order valence-electron chi connectivity index (χ0n) is 11.5. The standard InChI is InChI=1S/C13H19N3O2/c1-8-6-9(2)16(14-8)12(17)10-7-11(15-18-10)13(3,4)5/h6,10H,7H2,1-5H3/t10-/m1/s1. The molecule has 0 aromatic carbocycles. The quantitative estimate of drug-likeness (QED) is 0.767. The summed E-state index contributed by atoms with van der Waals surface area (Å²) in [5.74, 6) is -0.149. The molecule has 1 aromatic rings. The first-order valence-electron chi connectivity index (χ1n) is 6.09. The van der Waals surface area contributed by atoms with Crippen LogP contribution >= 0.6 is 0 Å². The number of oxime groups is 1. The molecular formula is C13H19N3O2. The molecule has 0 radical (unpaired) electrons. The lowest BCUT2D eigenvalue weighted by Gasteiger charge is -2.16. The van der Waals surface area contributed by atoms with E-state index in [9.17, 15) is 4.79 Å². The van der Waals surface area contributed by atoms with E-state index in [1.54, 1.807) is 0 Å². The van der Waals surface area contributed by atoms with Crippen LogP contribution in [0.2, 0.25) is 0 Å². The Balaban J connectivity index is 2.13. The van der Waals surface area contributed by atoms with Crippen molar-refractivity contribution < 1.29 is 9.63 Å². The second kappa shape index (κ2) is 4.23. The molecule has 0 unspecified atom stereocenters. The number of carbonyl (C=O) groups excluding carboxylic acids is 1. The molecular weight excluding hydrogens is 230 g/mol. The van der Waals surface area contributed by atoms with Crippen LogP contribution in [0.4, 0.5) is 0 Å². The van der Waals surface area contributed by atoms with E-state index >= 15 is 0 Å². The van der Waals surface area contributed by atoms with E-state index < -0.39 is 6.10 Å². The number of aryl methyl sites for hydroxylation is 2. The normalized spacial score (nSPS) is 19.6. The van der Waals surface area contributed by atoms with Crippen LogP contribution in [0.15, 0.2) is 11.2 Å². The van der Waals surface area contributed by atoms with E-state index in [0.29, 0.717) is 6.42 Å². The fourth-order valence-corrected chi connectivity index (χ4v) is 1.94. The molecule has 0 N–H and O–H groups in total. The van der Waals surface area contributed by atoms with Gasteiger partial charge < -0.3 is 4.84 Å². The summed E-state index contributed by atoms with van der Waals surface area (Å²) >= 11 is 0. The number of carbonyl (C=O) groups is 1. The van der Waals surface area contributed by atoms with E-state index in [0.717, 1.165) is 17.1 Å². The highest BCUT2D eigenvalue weighted by Gasteiger charge is 2.35. The van der Waals surface area contributed by atoms with Crippen LogP contribution in [0.1, 0.15) is 43.4 Å². The summed E-state index contributed by atoms with van der Waals surface area (Å²) in [5.41, 5.74) is 2.51. The maximum absolute atomic E-state index is 12.3. The Kier molecular flexibility index (Phi) is 3.00. The molecule has 0 amide bonds. The van der Waals surface area contributed by atoms with E-state index in [1.807, 2.05) is 19.9 Å². The monoisotopic (exact) mass is 249 g/mol. The van der Waals surface area contributed by atoms with E-state index in [-0.39, 0.29) is 11.3 Å². The van der Waals surface area contributed by atoms with Crippen molar-refractivity contribution >= 4 is 11.6 Å². The van der Waals surface area contributed by atoms with Gasteiger partial charge in [0.05, 0.1) is 11.4 Å². The molecule has 1 aliphatic rings. The third-order valence-electron chi connectivity index (χ3n) is 3.03. The lowest BCUT2D eigenvalue weighted by Crippen LogP contribution is -2.30. The van der Waals surface area contributed by atoms with Gasteiger partial charge in [-0.1, -0.05) is 25.9 Å². The van der Waals surface area contributed by atoms with Crippen LogP contribution in [0, 0.1) is 19.3 Å². The SMILES string of the molecule is Cc1cc(C)n(C(=O)[C@H]2CC(C(C)(C)C)=NO2)n1. The van der Waals surface area contributed by atoms with Crippen molar-refractivity contribution in [2.75, 3.05) is 0 Å². The zero-order chi connectivity index (χ0) is 13.5. The Morgan fingerprint density at radius 3 is 2.56 bits per heavy atom. The summed E-state index contributed by atoms with van der Waals surface area (Å²) in [4.78, 5) is 17.5. The molecule has 1 aromatic heterocycles. The van der Waals surface area contributed by atoms with Gasteiger partial charge in [0, 0.05) is 17.5 Å². The van der Waals surface area contributed by atoms with Crippen molar-refractivity contribution in [1.29, 1.82) is 0 Å². The molecule has 5 heteroatoms. The van der Waals surface area contributed by atoms with Gasteiger partial charge in [-0.2, -0.15) is 5.10 Å². The molecule has 0 aliphatic carbocycles. The summed E-state index contributed by atoms with van der Waals surface area (Å²) in [6.07, 6.45) is -0.00189. The minimum atomic E-state index is -0.544. The van der Waals surface area contributed by atoms with Crippen LogP contribution in [-0.4, -0.2) is 27.5 Å². The lowest BCUT2D eigenvalue weighted by atomic mass is 9.87. The minimum absolute atomic E-state index is 0.0654. The van der Waals surface area contributed by atoms with Gasteiger partial charge in [-0.15, -0.1) is 0 Å². The first-order chi connectivity index (χ1) is 8.29. The van der Waals surface area contributed by atoms with E-state index in [1.165, 1.54) is 4.68 Å². The van der Waals surface area contributed by atoms with Crippen LogP contribution in [0.3, 0.4) is 0 Å². The predicted molar refractivity (Wildman–Crippen MR) is 68.7 cm³/mol. The minimum Gasteiger partial charge on any atom is -0.382 e. The molecule has 98 valence electrons. The molecule has 0 saturated carbocycles. The molecule has 0 spiro atoms. The molecule has 0 saturated heterocycles. The average molecular weight is 249 g/mol. The van der Waals surface area contributed by atoms with Gasteiger partial charge in [0.1, 0.15) is 0 Å². The van der Waals surface area contributed by atoms with Crippen molar-refractivity contribution in [3.05, 3.63) is 17.5 Å². The third kappa shape index (κ3) is 2.30. The zero-order valence-corrected chi connectivity index (χ0v) is 11.5. The Morgan fingerprint density at radius 2 is 2.11 bits per heavy atom. The summed E-state index contributed by atoms with van der Waals surface area (Å²) in [6, 6.07) is 1.87. The summed E-state index contributed by atoms with van der Waals surface area (Å²) in [6.45, 7) is 9.91. The summed E-state index contributed by atoms with van der Waals surface area (Å²) in [7, 11) is 0. The number of rotatable bonds is 1. The van der Waals surface area contributed by atoms with Crippen molar-refractivity contribution in [1.82, 2.24) is 9.78 Å². The number of aromatic nitrogens is 2. The highest BCUT2D eigenvalue weighted by molar-refractivity contribution is 5.96. The van der Waals surface area contributed by atoms with Gasteiger partial charge in [0.25, 0.3) is 5.91 Å². The van der Waals surface area contributed by atoms with Gasteiger partial charge in [0.15, 0.2) is 0 Å². The van der Waals surface area contributed by atoms with Crippen molar-refractivity contribution in [2.24, 2.45) is 10.6 Å². The molecule has 1 aliphatic heterocycles. The highest BCUT2D eigenvalue weighted by Crippen LogP contribution is 2.26. The van der Waals surface area contributed by atoms with Crippen LogP contribution in [0.5, 0.6) is 0 Å². The first-order valence-corrected chi connectivity index (χ1v) is 6.09. The van der Waals surface area contributed by atoms with E-state index in [2.05, 4.69) is 31.0 Å². The van der Waals surface area contributed by atoms with Gasteiger partial charge in [-0.25, -0.2) is 4.68 Å². The van der Waals surface area contributed by atoms with Crippen LogP contribution in [0.25, 0.3) is 0 Å². The maximum atomic E-state index is 12.3. The molecule has 2 rings (SSSR count). The first kappa shape index (κ1) is 12.8. The van der Waals surface area contributed by atoms with E-state index in [4.69, 9.17) is 4.84 Å². The fraction of sp³-hybridized carbons (Fsp3) is 0.615. The third-order valence-corrected chi connectivity index (χ3v) is 3.03. The topological polar surface area (TPSA) is 56.5 Å². The molecule has 0 fully saturated rings. The van der Waals surface area contributed by atoms with Gasteiger partial charge in [-0.05, 0) is 19.9 Å². The Hall–Kier alpha value is -1.65. The van der Waals surface area contributed by atoms with Crippen molar-refractivity contribution in [2.45, 2.75) is 47.1 Å². The Bertz CT molecular complexity index is 509. The van der Waals surface area contributed by atoms with Gasteiger partial charge in [0.2, 0.25) is 6.10 Å². The number of nitrogens with zero attached hydrogens (tertiary/aromatic N) is 3. The second-order valence-electron chi connectivity index (χ2n) is 5.76. The number of hydrogen-bond donors (Lipinski definition) is 0. The highest BCUT2D eigenvalue weighted by atomic mass is 16.6. The summed E-state index contributed by atoms with van der Waals surface area (Å²) in [5, 5.41) is 8.20. The van der Waals surface area contributed by atoms with Crippen LogP contribution in [-0.2, 0) is 4.84 Å². The summed E-state index contributed by atoms with van der Waals surface area (Å²) < 4.78 is 1.40. The van der Waals surface area contributed by atoms with Crippen LogP contribution < -0.4 is 0 Å². The predicted octanol–water partition coefficient (Wildman–Crippen LogP) is 2.33. The van der Waals surface area contributed by atoms with Crippen molar-refractivity contribution in [3.8, 4) is 0 Å². The molecule has 18 heavy (non-hydrogen) atoms.